The predicted octanol–water partition coefficient (Wildman–Crippen LogP) is 6.09. The van der Waals surface area contributed by atoms with Crippen LogP contribution in [0.15, 0.2) is 127 Å². The molecule has 6 rings (SSSR count). The van der Waals surface area contributed by atoms with Gasteiger partial charge in [-0.05, 0) is 41.6 Å². The molecule has 2 heterocycles. The molecule has 9 heteroatoms. The van der Waals surface area contributed by atoms with E-state index in [2.05, 4.69) is 20.5 Å². The molecule has 0 fully saturated rings. The first-order chi connectivity index (χ1) is 19.7. The van der Waals surface area contributed by atoms with E-state index in [-0.39, 0.29) is 11.7 Å². The monoisotopic (exact) mass is 544 g/mol. The fourth-order valence-electron chi connectivity index (χ4n) is 4.19. The lowest BCUT2D eigenvalue weighted by molar-refractivity contribution is 0.108. The van der Waals surface area contributed by atoms with Crippen LogP contribution in [0.1, 0.15) is 21.6 Å². The minimum atomic E-state index is -0.0973. The van der Waals surface area contributed by atoms with Gasteiger partial charge in [-0.2, -0.15) is 0 Å². The molecular formula is C31H24N6O2S. The van der Waals surface area contributed by atoms with Gasteiger partial charge in [0.05, 0.1) is 24.0 Å². The van der Waals surface area contributed by atoms with Crippen molar-refractivity contribution in [3.8, 4) is 22.8 Å². The molecule has 0 saturated carbocycles. The molecule has 4 aromatic carbocycles. The van der Waals surface area contributed by atoms with Gasteiger partial charge >= 0.3 is 0 Å². The summed E-state index contributed by atoms with van der Waals surface area (Å²) in [6.45, 7) is 0.720. The molecule has 6 aromatic rings. The number of aromatic nitrogens is 6. The lowest BCUT2D eigenvalue weighted by atomic mass is 10.1. The highest BCUT2D eigenvalue weighted by molar-refractivity contribution is 8.14. The van der Waals surface area contributed by atoms with Crippen molar-refractivity contribution >= 4 is 16.9 Å². The lowest BCUT2D eigenvalue weighted by Crippen LogP contribution is -2.06. The van der Waals surface area contributed by atoms with Gasteiger partial charge in [0.25, 0.3) is 0 Å². The summed E-state index contributed by atoms with van der Waals surface area (Å²) in [6.07, 6.45) is 1.85. The van der Waals surface area contributed by atoms with E-state index < -0.39 is 0 Å². The summed E-state index contributed by atoms with van der Waals surface area (Å²) < 4.78 is 9.89. The highest BCUT2D eigenvalue weighted by atomic mass is 32.2. The van der Waals surface area contributed by atoms with Gasteiger partial charge in [0.1, 0.15) is 18.1 Å². The standard InChI is InChI=1S/C31H24N6O2S/c38-30(24-14-6-2-7-15-24)40-31-34-33-29(36(31)20-23-12-4-1-5-13-23)27-18-10-11-19-28(27)39-22-25-21-37(35-32-25)26-16-8-3-9-17-26/h1-19,21H,20,22H2. The van der Waals surface area contributed by atoms with E-state index in [1.54, 1.807) is 16.8 Å². The number of hydrogen-bond acceptors (Lipinski definition) is 7. The Bertz CT molecular complexity index is 1720. The minimum Gasteiger partial charge on any atom is -0.486 e. The molecule has 0 N–H and O–H groups in total. The fourth-order valence-corrected chi connectivity index (χ4v) is 4.95. The second-order valence-corrected chi connectivity index (χ2v) is 9.85. The van der Waals surface area contributed by atoms with Gasteiger partial charge in [0.2, 0.25) is 5.12 Å². The largest absolute Gasteiger partial charge is 0.486 e. The second kappa shape index (κ2) is 11.8. The van der Waals surface area contributed by atoms with Gasteiger partial charge in [-0.3, -0.25) is 9.36 Å². The third kappa shape index (κ3) is 5.69. The molecule has 2 aromatic heterocycles. The third-order valence-electron chi connectivity index (χ3n) is 6.16. The van der Waals surface area contributed by atoms with Gasteiger partial charge < -0.3 is 4.74 Å². The summed E-state index contributed by atoms with van der Waals surface area (Å²) >= 11 is 1.06. The third-order valence-corrected chi connectivity index (χ3v) is 7.06. The van der Waals surface area contributed by atoms with E-state index >= 15 is 0 Å². The van der Waals surface area contributed by atoms with Crippen molar-refractivity contribution < 1.29 is 9.53 Å². The first-order valence-electron chi connectivity index (χ1n) is 12.7. The molecule has 0 radical (unpaired) electrons. The van der Waals surface area contributed by atoms with Crippen molar-refractivity contribution in [1.82, 2.24) is 29.8 Å². The number of ether oxygens (including phenoxy) is 1. The van der Waals surface area contributed by atoms with Gasteiger partial charge in [0.15, 0.2) is 11.0 Å². The van der Waals surface area contributed by atoms with E-state index in [0.717, 1.165) is 28.6 Å². The maximum Gasteiger partial charge on any atom is 0.227 e. The molecule has 0 aliphatic carbocycles. The molecule has 0 atom stereocenters. The normalized spacial score (nSPS) is 10.9. The Labute approximate surface area is 235 Å². The van der Waals surface area contributed by atoms with Crippen LogP contribution >= 0.6 is 11.8 Å². The van der Waals surface area contributed by atoms with Crippen LogP contribution < -0.4 is 4.74 Å². The molecule has 8 nitrogen and oxygen atoms in total. The molecule has 0 aliphatic rings. The Morgan fingerprint density at radius 2 is 1.43 bits per heavy atom. The summed E-state index contributed by atoms with van der Waals surface area (Å²) in [5, 5.41) is 17.8. The Hall–Kier alpha value is -5.02. The molecule has 0 aliphatic heterocycles. The average molecular weight is 545 g/mol. The highest BCUT2D eigenvalue weighted by Crippen LogP contribution is 2.33. The Morgan fingerprint density at radius 3 is 2.20 bits per heavy atom. The second-order valence-electron chi connectivity index (χ2n) is 8.91. The van der Waals surface area contributed by atoms with E-state index in [4.69, 9.17) is 4.74 Å². The van der Waals surface area contributed by atoms with E-state index in [1.165, 1.54) is 0 Å². The maximum absolute atomic E-state index is 13.0. The fraction of sp³-hybridized carbons (Fsp3) is 0.0645. The molecule has 0 saturated heterocycles. The number of hydrogen-bond donors (Lipinski definition) is 0. The minimum absolute atomic E-state index is 0.0973. The SMILES string of the molecule is O=C(Sc1nnc(-c2ccccc2OCc2cn(-c3ccccc3)nn2)n1Cc1ccccc1)c1ccccc1. The van der Waals surface area contributed by atoms with Crippen LogP contribution in [0.25, 0.3) is 17.1 Å². The van der Waals surface area contributed by atoms with E-state index in [0.29, 0.717) is 34.5 Å². The average Bonchev–Trinajstić information content (AvgIpc) is 3.65. The van der Waals surface area contributed by atoms with Crippen molar-refractivity contribution in [2.24, 2.45) is 0 Å². The topological polar surface area (TPSA) is 87.7 Å². The van der Waals surface area contributed by atoms with Crippen LogP contribution in [0.4, 0.5) is 0 Å². The van der Waals surface area contributed by atoms with Crippen LogP contribution in [0, 0.1) is 0 Å². The summed E-state index contributed by atoms with van der Waals surface area (Å²) in [5.74, 6) is 1.24. The summed E-state index contributed by atoms with van der Waals surface area (Å²) in [5.41, 5.74) is 4.05. The van der Waals surface area contributed by atoms with Gasteiger partial charge in [-0.1, -0.05) is 96.2 Å². The number of nitrogens with zero attached hydrogens (tertiary/aromatic N) is 6. The van der Waals surface area contributed by atoms with Crippen molar-refractivity contribution in [3.05, 3.63) is 138 Å². The smallest absolute Gasteiger partial charge is 0.227 e. The molecular weight excluding hydrogens is 520 g/mol. The summed E-state index contributed by atoms with van der Waals surface area (Å²) in [6, 6.07) is 36.7. The van der Waals surface area contributed by atoms with E-state index in [1.807, 2.05) is 114 Å². The van der Waals surface area contributed by atoms with Gasteiger partial charge in [-0.25, -0.2) is 4.68 Å². The first-order valence-corrected chi connectivity index (χ1v) is 13.5. The number of para-hydroxylation sites is 2. The van der Waals surface area contributed by atoms with Crippen LogP contribution in [0.3, 0.4) is 0 Å². The van der Waals surface area contributed by atoms with E-state index in [9.17, 15) is 4.79 Å². The molecule has 0 unspecified atom stereocenters. The molecule has 40 heavy (non-hydrogen) atoms. The van der Waals surface area contributed by atoms with Gasteiger partial charge in [-0.15, -0.1) is 15.3 Å². The number of thioether (sulfide) groups is 1. The lowest BCUT2D eigenvalue weighted by Gasteiger charge is -2.13. The predicted molar refractivity (Wildman–Crippen MR) is 153 cm³/mol. The van der Waals surface area contributed by atoms with Crippen LogP contribution in [0.2, 0.25) is 0 Å². The van der Waals surface area contributed by atoms with Crippen molar-refractivity contribution in [2.75, 3.05) is 0 Å². The summed E-state index contributed by atoms with van der Waals surface area (Å²) in [4.78, 5) is 13.0. The zero-order valence-electron chi connectivity index (χ0n) is 21.4. The number of rotatable bonds is 9. The Morgan fingerprint density at radius 1 is 0.750 bits per heavy atom. The maximum atomic E-state index is 13.0. The van der Waals surface area contributed by atoms with Crippen molar-refractivity contribution in [2.45, 2.75) is 18.3 Å². The highest BCUT2D eigenvalue weighted by Gasteiger charge is 2.21. The zero-order valence-corrected chi connectivity index (χ0v) is 22.2. The van der Waals surface area contributed by atoms with Crippen LogP contribution in [-0.4, -0.2) is 34.9 Å². The molecule has 196 valence electrons. The Balaban J connectivity index is 1.29. The number of carbonyl (C=O) groups is 1. The summed E-state index contributed by atoms with van der Waals surface area (Å²) in [7, 11) is 0. The van der Waals surface area contributed by atoms with Crippen molar-refractivity contribution in [3.63, 3.8) is 0 Å². The molecule has 0 amide bonds. The number of benzene rings is 4. The number of carbonyl (C=O) groups excluding carboxylic acids is 1. The Kier molecular flexibility index (Phi) is 7.45. The quantitative estimate of drug-likeness (QED) is 0.204. The zero-order chi connectivity index (χ0) is 27.1. The van der Waals surface area contributed by atoms with Crippen molar-refractivity contribution in [1.29, 1.82) is 0 Å². The molecule has 0 spiro atoms. The molecule has 0 bridgehead atoms. The van der Waals surface area contributed by atoms with Crippen LogP contribution in [0.5, 0.6) is 5.75 Å². The van der Waals surface area contributed by atoms with Crippen LogP contribution in [-0.2, 0) is 13.2 Å². The van der Waals surface area contributed by atoms with Gasteiger partial charge in [0, 0.05) is 5.56 Å². The first kappa shape index (κ1) is 25.3.